The van der Waals surface area contributed by atoms with E-state index in [2.05, 4.69) is 31.0 Å². The quantitative estimate of drug-likeness (QED) is 0.795. The molecule has 7 nitrogen and oxygen atoms in total. The van der Waals surface area contributed by atoms with Crippen molar-refractivity contribution in [3.05, 3.63) is 35.9 Å². The van der Waals surface area contributed by atoms with Gasteiger partial charge in [0.15, 0.2) is 7.60 Å². The summed E-state index contributed by atoms with van der Waals surface area (Å²) in [5, 5.41) is -1.49. The zero-order valence-electron chi connectivity index (χ0n) is 16.2. The van der Waals surface area contributed by atoms with E-state index in [9.17, 15) is 14.3 Å². The lowest BCUT2D eigenvalue weighted by Crippen LogP contribution is -2.67. The maximum absolute atomic E-state index is 11.9. The molecule has 0 saturated heterocycles. The van der Waals surface area contributed by atoms with E-state index in [1.807, 2.05) is 30.3 Å². The largest absolute Gasteiger partial charge is 0.777 e. The molecule has 0 aliphatic rings. The lowest BCUT2D eigenvalue weighted by Gasteiger charge is -2.43. The standard InChI is InChI=1S/C13H20NO5P.C4H11N/c1-13(2,20(16,17)18-4)14(3)12(15)19-10-11-8-6-5-7-9-11;1-4(2,3)5/h5-9H,10H2,1-4H3,(H,16,17);5H2,1-3H3. The third kappa shape index (κ3) is 8.50. The van der Waals surface area contributed by atoms with E-state index in [-0.39, 0.29) is 12.1 Å². The van der Waals surface area contributed by atoms with Gasteiger partial charge in [-0.25, -0.2) is 4.79 Å². The highest BCUT2D eigenvalue weighted by molar-refractivity contribution is 7.53. The molecule has 25 heavy (non-hydrogen) atoms. The highest BCUT2D eigenvalue weighted by atomic mass is 31.2. The van der Waals surface area contributed by atoms with E-state index in [0.717, 1.165) is 17.6 Å². The van der Waals surface area contributed by atoms with Crippen LogP contribution in [0.25, 0.3) is 0 Å². The van der Waals surface area contributed by atoms with Crippen LogP contribution in [0.1, 0.15) is 40.2 Å². The number of benzene rings is 1. The monoisotopic (exact) mass is 374 g/mol. The van der Waals surface area contributed by atoms with Gasteiger partial charge in [-0.15, -0.1) is 0 Å². The van der Waals surface area contributed by atoms with Gasteiger partial charge in [-0.05, 0) is 40.2 Å². The Bertz CT molecular complexity index is 578. The van der Waals surface area contributed by atoms with E-state index < -0.39 is 19.0 Å². The summed E-state index contributed by atoms with van der Waals surface area (Å²) in [4.78, 5) is 24.7. The van der Waals surface area contributed by atoms with Crippen molar-refractivity contribution in [3.8, 4) is 0 Å². The zero-order chi connectivity index (χ0) is 19.9. The molecule has 1 unspecified atom stereocenters. The van der Waals surface area contributed by atoms with Crippen LogP contribution in [0.3, 0.4) is 0 Å². The van der Waals surface area contributed by atoms with Crippen LogP contribution in [-0.4, -0.2) is 36.0 Å². The lowest BCUT2D eigenvalue weighted by atomic mass is 10.1. The van der Waals surface area contributed by atoms with Crippen molar-refractivity contribution < 1.29 is 29.2 Å². The summed E-state index contributed by atoms with van der Waals surface area (Å²) < 4.78 is 21.4. The molecule has 144 valence electrons. The molecule has 1 amide bonds. The summed E-state index contributed by atoms with van der Waals surface area (Å²) in [6, 6.07) is 9.13. The molecule has 0 spiro atoms. The molecule has 8 heteroatoms. The first-order valence-electron chi connectivity index (χ1n) is 7.89. The van der Waals surface area contributed by atoms with E-state index in [1.54, 1.807) is 0 Å². The van der Waals surface area contributed by atoms with Crippen LogP contribution in [0.2, 0.25) is 0 Å². The first-order valence-corrected chi connectivity index (χ1v) is 9.43. The zero-order valence-corrected chi connectivity index (χ0v) is 17.1. The maximum atomic E-state index is 11.9. The molecule has 0 saturated carbocycles. The van der Waals surface area contributed by atoms with Crippen LogP contribution >= 0.6 is 7.60 Å². The van der Waals surface area contributed by atoms with Gasteiger partial charge in [-0.2, -0.15) is 0 Å². The fourth-order valence-corrected chi connectivity index (χ4v) is 2.34. The van der Waals surface area contributed by atoms with Crippen molar-refractivity contribution in [2.75, 3.05) is 14.2 Å². The SMILES string of the molecule is CC(C)(C)[NH3+].COP(=O)([O-])C(C)(C)N(C)C(=O)OCc1ccccc1. The normalized spacial score (nSPS) is 14.0. The molecule has 1 aromatic rings. The number of hydrogen-bond donors (Lipinski definition) is 1. The molecular formula is C17H31N2O5P. The molecule has 1 rings (SSSR count). The topological polar surface area (TPSA) is 107 Å². The average molecular weight is 374 g/mol. The summed E-state index contributed by atoms with van der Waals surface area (Å²) >= 11 is 0. The fraction of sp³-hybridized carbons (Fsp3) is 0.588. The van der Waals surface area contributed by atoms with Crippen LogP contribution < -0.4 is 10.6 Å². The Hall–Kier alpha value is -1.40. The molecule has 1 atom stereocenters. The van der Waals surface area contributed by atoms with Gasteiger partial charge in [-0.1, -0.05) is 30.3 Å². The third-order valence-electron chi connectivity index (χ3n) is 3.21. The fourth-order valence-electron chi connectivity index (χ4n) is 1.45. The molecular weight excluding hydrogens is 343 g/mol. The van der Waals surface area contributed by atoms with Crippen molar-refractivity contribution in [1.29, 1.82) is 0 Å². The predicted molar refractivity (Wildman–Crippen MR) is 95.7 cm³/mol. The highest BCUT2D eigenvalue weighted by Gasteiger charge is 2.39. The van der Waals surface area contributed by atoms with Crippen LogP contribution in [0.15, 0.2) is 30.3 Å². The first kappa shape index (κ1) is 23.6. The molecule has 0 heterocycles. The van der Waals surface area contributed by atoms with Crippen molar-refractivity contribution in [3.63, 3.8) is 0 Å². The van der Waals surface area contributed by atoms with Crippen molar-refractivity contribution in [2.45, 2.75) is 52.0 Å². The number of amides is 1. The third-order valence-corrected chi connectivity index (χ3v) is 5.33. The molecule has 0 bridgehead atoms. The second kappa shape index (κ2) is 9.34. The van der Waals surface area contributed by atoms with Crippen molar-refractivity contribution in [1.82, 2.24) is 4.90 Å². The number of rotatable bonds is 5. The average Bonchev–Trinajstić information content (AvgIpc) is 2.51. The number of quaternary nitrogens is 1. The maximum Gasteiger partial charge on any atom is 0.410 e. The minimum Gasteiger partial charge on any atom is -0.777 e. The van der Waals surface area contributed by atoms with Gasteiger partial charge in [-0.3, -0.25) is 4.90 Å². The van der Waals surface area contributed by atoms with Crippen LogP contribution in [-0.2, 0) is 20.4 Å². The number of ether oxygens (including phenoxy) is 1. The summed E-state index contributed by atoms with van der Waals surface area (Å²) in [7, 11) is -1.78. The van der Waals surface area contributed by atoms with Gasteiger partial charge in [0.05, 0.1) is 5.54 Å². The Morgan fingerprint density at radius 2 is 1.64 bits per heavy atom. The number of carbonyl (C=O) groups excluding carboxylic acids is 1. The van der Waals surface area contributed by atoms with Crippen LogP contribution in [0, 0.1) is 0 Å². The Balaban J connectivity index is 0.00000101. The number of hydrogen-bond acceptors (Lipinski definition) is 5. The van der Waals surface area contributed by atoms with E-state index >= 15 is 0 Å². The van der Waals surface area contributed by atoms with Gasteiger partial charge in [0.25, 0.3) is 0 Å². The van der Waals surface area contributed by atoms with Gasteiger partial charge in [0, 0.05) is 14.2 Å². The van der Waals surface area contributed by atoms with Gasteiger partial charge in [0.2, 0.25) is 0 Å². The van der Waals surface area contributed by atoms with Gasteiger partial charge in [0.1, 0.15) is 11.9 Å². The second-order valence-corrected chi connectivity index (χ2v) is 9.79. The first-order chi connectivity index (χ1) is 11.2. The predicted octanol–water partition coefficient (Wildman–Crippen LogP) is 2.22. The Morgan fingerprint density at radius 3 is 2.04 bits per heavy atom. The van der Waals surface area contributed by atoms with E-state index in [4.69, 9.17) is 4.74 Å². The number of nitrogens with zero attached hydrogens (tertiary/aromatic N) is 1. The highest BCUT2D eigenvalue weighted by Crippen LogP contribution is 2.51. The van der Waals surface area contributed by atoms with Gasteiger partial charge >= 0.3 is 6.09 Å². The molecule has 3 N–H and O–H groups in total. The summed E-state index contributed by atoms with van der Waals surface area (Å²) in [6.45, 7) is 9.07. The van der Waals surface area contributed by atoms with E-state index in [0.29, 0.717) is 0 Å². The van der Waals surface area contributed by atoms with Crippen molar-refractivity contribution >= 4 is 13.7 Å². The minimum atomic E-state index is -4.21. The van der Waals surface area contributed by atoms with Crippen LogP contribution in [0.5, 0.6) is 0 Å². The smallest absolute Gasteiger partial charge is 0.410 e. The molecule has 1 aromatic carbocycles. The Kier molecular flexibility index (Phi) is 8.82. The summed E-state index contributed by atoms with van der Waals surface area (Å²) in [5.41, 5.74) is 4.84. The Labute approximate surface area is 150 Å². The molecule has 0 aromatic heterocycles. The summed E-state index contributed by atoms with van der Waals surface area (Å²) in [5.74, 6) is 0. The minimum absolute atomic E-state index is 0.0796. The summed E-state index contributed by atoms with van der Waals surface area (Å²) in [6.07, 6.45) is -0.730. The van der Waals surface area contributed by atoms with Crippen LogP contribution in [0.4, 0.5) is 4.79 Å². The molecule has 0 radical (unpaired) electrons. The molecule has 0 fully saturated rings. The Morgan fingerprint density at radius 1 is 1.20 bits per heavy atom. The second-order valence-electron chi connectivity index (χ2n) is 7.33. The molecule has 0 aliphatic heterocycles. The number of carbonyl (C=O) groups is 1. The van der Waals surface area contributed by atoms with E-state index in [1.165, 1.54) is 20.9 Å². The van der Waals surface area contributed by atoms with Gasteiger partial charge < -0.3 is 24.5 Å². The lowest BCUT2D eigenvalue weighted by molar-refractivity contribution is -0.458. The molecule has 0 aliphatic carbocycles. The van der Waals surface area contributed by atoms with Crippen molar-refractivity contribution in [2.24, 2.45) is 0 Å².